The molecule has 1 heterocycles. The fourth-order valence-corrected chi connectivity index (χ4v) is 2.19. The average Bonchev–Trinajstić information content (AvgIpc) is 2.75. The number of benzene rings is 1. The van der Waals surface area contributed by atoms with Crippen molar-refractivity contribution in [1.82, 2.24) is 5.32 Å². The van der Waals surface area contributed by atoms with E-state index in [9.17, 15) is 0 Å². The zero-order valence-corrected chi connectivity index (χ0v) is 11.6. The van der Waals surface area contributed by atoms with Gasteiger partial charge >= 0.3 is 0 Å². The molecular weight excluding hydrogens is 222 g/mol. The lowest BCUT2D eigenvalue weighted by molar-refractivity contribution is 0.475. The van der Waals surface area contributed by atoms with Crippen LogP contribution in [0.3, 0.4) is 0 Å². The van der Waals surface area contributed by atoms with Crippen LogP contribution < -0.4 is 5.32 Å². The van der Waals surface area contributed by atoms with Gasteiger partial charge in [0.25, 0.3) is 0 Å². The summed E-state index contributed by atoms with van der Waals surface area (Å²) in [5.41, 5.74) is 2.29. The fraction of sp³-hybridized carbons (Fsp3) is 0.500. The highest BCUT2D eigenvalue weighted by Gasteiger charge is 2.06. The van der Waals surface area contributed by atoms with Crippen molar-refractivity contribution < 1.29 is 4.42 Å². The van der Waals surface area contributed by atoms with Crippen LogP contribution in [0, 0.1) is 6.92 Å². The summed E-state index contributed by atoms with van der Waals surface area (Å²) in [6, 6.07) is 9.07. The van der Waals surface area contributed by atoms with E-state index in [2.05, 4.69) is 50.4 Å². The topological polar surface area (TPSA) is 25.2 Å². The molecule has 1 N–H and O–H groups in total. The Morgan fingerprint density at radius 1 is 1.28 bits per heavy atom. The van der Waals surface area contributed by atoms with Crippen LogP contribution in [0.2, 0.25) is 0 Å². The van der Waals surface area contributed by atoms with Gasteiger partial charge in [0.1, 0.15) is 11.3 Å². The minimum absolute atomic E-state index is 0.555. The van der Waals surface area contributed by atoms with Gasteiger partial charge in [0.15, 0.2) is 0 Å². The van der Waals surface area contributed by atoms with Gasteiger partial charge in [-0.15, -0.1) is 0 Å². The second-order valence-corrected chi connectivity index (χ2v) is 5.15. The Bertz CT molecular complexity index is 501. The van der Waals surface area contributed by atoms with Gasteiger partial charge in [-0.25, -0.2) is 0 Å². The Hall–Kier alpha value is -1.28. The first-order valence-corrected chi connectivity index (χ1v) is 6.91. The van der Waals surface area contributed by atoms with Crippen LogP contribution in [0.15, 0.2) is 28.7 Å². The molecule has 2 nitrogen and oxygen atoms in total. The van der Waals surface area contributed by atoms with Crippen molar-refractivity contribution in [3.63, 3.8) is 0 Å². The minimum atomic E-state index is 0.555. The number of hydrogen-bond acceptors (Lipinski definition) is 2. The van der Waals surface area contributed by atoms with Gasteiger partial charge in [0.2, 0.25) is 0 Å². The van der Waals surface area contributed by atoms with E-state index in [1.807, 2.05) is 0 Å². The molecule has 0 radical (unpaired) electrons. The van der Waals surface area contributed by atoms with E-state index in [0.29, 0.717) is 6.04 Å². The molecule has 2 aromatic rings. The molecule has 1 aromatic heterocycles. The Morgan fingerprint density at radius 2 is 2.11 bits per heavy atom. The van der Waals surface area contributed by atoms with Gasteiger partial charge in [-0.2, -0.15) is 0 Å². The zero-order valence-electron chi connectivity index (χ0n) is 11.6. The Balaban J connectivity index is 1.95. The highest BCUT2D eigenvalue weighted by molar-refractivity contribution is 5.78. The normalized spacial score (nSPS) is 13.1. The zero-order chi connectivity index (χ0) is 13.0. The molecule has 0 amide bonds. The first kappa shape index (κ1) is 13.2. The fourth-order valence-electron chi connectivity index (χ4n) is 2.19. The molecule has 0 saturated carbocycles. The largest absolute Gasteiger partial charge is 0.461 e. The first-order valence-electron chi connectivity index (χ1n) is 6.91. The van der Waals surface area contributed by atoms with E-state index in [-0.39, 0.29) is 0 Å². The predicted molar refractivity (Wildman–Crippen MR) is 77.0 cm³/mol. The van der Waals surface area contributed by atoms with Crippen molar-refractivity contribution in [2.24, 2.45) is 0 Å². The van der Waals surface area contributed by atoms with E-state index in [1.165, 1.54) is 17.4 Å². The summed E-state index contributed by atoms with van der Waals surface area (Å²) in [4.78, 5) is 0. The molecule has 1 atom stereocenters. The van der Waals surface area contributed by atoms with Crippen LogP contribution in [-0.4, -0.2) is 12.6 Å². The second-order valence-electron chi connectivity index (χ2n) is 5.15. The van der Waals surface area contributed by atoms with Crippen molar-refractivity contribution in [3.8, 4) is 0 Å². The second kappa shape index (κ2) is 6.05. The van der Waals surface area contributed by atoms with Gasteiger partial charge in [0, 0.05) is 17.8 Å². The summed E-state index contributed by atoms with van der Waals surface area (Å²) < 4.78 is 5.85. The van der Waals surface area contributed by atoms with E-state index < -0.39 is 0 Å². The van der Waals surface area contributed by atoms with Gasteiger partial charge in [-0.05, 0) is 51.4 Å². The summed E-state index contributed by atoms with van der Waals surface area (Å²) in [5.74, 6) is 1.10. The quantitative estimate of drug-likeness (QED) is 0.830. The molecule has 98 valence electrons. The highest BCUT2D eigenvalue weighted by atomic mass is 16.3. The molecule has 0 spiro atoms. The number of nitrogens with one attached hydrogen (secondary N) is 1. The Labute approximate surface area is 109 Å². The smallest absolute Gasteiger partial charge is 0.134 e. The van der Waals surface area contributed by atoms with Crippen molar-refractivity contribution >= 4 is 11.0 Å². The highest BCUT2D eigenvalue weighted by Crippen LogP contribution is 2.21. The van der Waals surface area contributed by atoms with Crippen LogP contribution in [0.25, 0.3) is 11.0 Å². The number of rotatable bonds is 6. The molecule has 0 aliphatic rings. The molecule has 0 saturated heterocycles. The van der Waals surface area contributed by atoms with Crippen LogP contribution in [0.5, 0.6) is 0 Å². The molecule has 0 bridgehead atoms. The van der Waals surface area contributed by atoms with E-state index in [4.69, 9.17) is 4.42 Å². The first-order chi connectivity index (χ1) is 8.69. The molecule has 18 heavy (non-hydrogen) atoms. The molecule has 1 unspecified atom stereocenters. The molecule has 0 aliphatic carbocycles. The molecule has 2 rings (SSSR count). The lowest BCUT2D eigenvalue weighted by Gasteiger charge is -2.11. The number of aryl methyl sites for hydroxylation is 2. The van der Waals surface area contributed by atoms with Crippen molar-refractivity contribution in [2.45, 2.75) is 46.1 Å². The summed E-state index contributed by atoms with van der Waals surface area (Å²) in [6.07, 6.45) is 3.32. The van der Waals surface area contributed by atoms with Gasteiger partial charge in [0.05, 0.1) is 0 Å². The number of hydrogen-bond donors (Lipinski definition) is 1. The molecular formula is C16H23NO. The summed E-state index contributed by atoms with van der Waals surface area (Å²) in [5, 5.41) is 4.73. The molecule has 1 aromatic carbocycles. The third kappa shape index (κ3) is 3.36. The lowest BCUT2D eigenvalue weighted by Crippen LogP contribution is -2.26. The maximum atomic E-state index is 5.85. The van der Waals surface area contributed by atoms with E-state index in [1.54, 1.807) is 0 Å². The summed E-state index contributed by atoms with van der Waals surface area (Å²) in [7, 11) is 0. The summed E-state index contributed by atoms with van der Waals surface area (Å²) >= 11 is 0. The third-order valence-electron chi connectivity index (χ3n) is 3.29. The van der Waals surface area contributed by atoms with Gasteiger partial charge < -0.3 is 9.73 Å². The number of furan rings is 1. The summed E-state index contributed by atoms with van der Waals surface area (Å²) in [6.45, 7) is 7.65. The predicted octanol–water partition coefficient (Wildman–Crippen LogP) is 4.06. The monoisotopic (exact) mass is 245 g/mol. The standard InChI is InChI=1S/C16H23NO/c1-4-9-17-13(3)6-7-15-11-14-10-12(2)5-8-16(14)18-15/h5,8,10-11,13,17H,4,6-7,9H2,1-3H3. The molecule has 2 heteroatoms. The van der Waals surface area contributed by atoms with Gasteiger partial charge in [-0.3, -0.25) is 0 Å². The number of fused-ring (bicyclic) bond motifs is 1. The minimum Gasteiger partial charge on any atom is -0.461 e. The van der Waals surface area contributed by atoms with E-state index in [0.717, 1.165) is 30.7 Å². The lowest BCUT2D eigenvalue weighted by atomic mass is 10.1. The van der Waals surface area contributed by atoms with Crippen molar-refractivity contribution in [1.29, 1.82) is 0 Å². The van der Waals surface area contributed by atoms with Crippen LogP contribution in [0.1, 0.15) is 38.0 Å². The van der Waals surface area contributed by atoms with Crippen LogP contribution in [0.4, 0.5) is 0 Å². The Kier molecular flexibility index (Phi) is 4.43. The maximum absolute atomic E-state index is 5.85. The Morgan fingerprint density at radius 3 is 2.89 bits per heavy atom. The SMILES string of the molecule is CCCNC(C)CCc1cc2cc(C)ccc2o1. The van der Waals surface area contributed by atoms with Crippen molar-refractivity contribution in [2.75, 3.05) is 6.54 Å². The third-order valence-corrected chi connectivity index (χ3v) is 3.29. The van der Waals surface area contributed by atoms with Crippen LogP contribution >= 0.6 is 0 Å². The van der Waals surface area contributed by atoms with Gasteiger partial charge in [-0.1, -0.05) is 18.6 Å². The van der Waals surface area contributed by atoms with Crippen LogP contribution in [-0.2, 0) is 6.42 Å². The molecule has 0 aliphatic heterocycles. The van der Waals surface area contributed by atoms with E-state index >= 15 is 0 Å². The molecule has 0 fully saturated rings. The average molecular weight is 245 g/mol. The maximum Gasteiger partial charge on any atom is 0.134 e. The van der Waals surface area contributed by atoms with Crippen molar-refractivity contribution in [3.05, 3.63) is 35.6 Å².